The van der Waals surface area contributed by atoms with Crippen LogP contribution in [0.3, 0.4) is 0 Å². The van der Waals surface area contributed by atoms with Crippen LogP contribution in [0, 0.1) is 0 Å². The average Bonchev–Trinajstić information content (AvgIpc) is 3.09. The van der Waals surface area contributed by atoms with Gasteiger partial charge in [-0.15, -0.1) is 0 Å². The van der Waals surface area contributed by atoms with E-state index >= 15 is 0 Å². The number of aromatic nitrogens is 1. The van der Waals surface area contributed by atoms with Crippen molar-refractivity contribution in [2.45, 2.75) is 18.9 Å². The van der Waals surface area contributed by atoms with Gasteiger partial charge in [-0.3, -0.25) is 4.79 Å². The molecule has 1 aromatic carbocycles. The molecule has 0 aliphatic carbocycles. The molecule has 1 aliphatic heterocycles. The molecule has 25 heavy (non-hydrogen) atoms. The third-order valence-corrected chi connectivity index (χ3v) is 4.18. The van der Waals surface area contributed by atoms with E-state index in [1.165, 1.54) is 4.90 Å². The predicted molar refractivity (Wildman–Crippen MR) is 89.2 cm³/mol. The van der Waals surface area contributed by atoms with Gasteiger partial charge in [-0.25, -0.2) is 9.78 Å². The number of carbonyl (C=O) groups excluding carboxylic acids is 1. The lowest BCUT2D eigenvalue weighted by molar-refractivity contribution is -0.159. The molecule has 1 N–H and O–H groups in total. The van der Waals surface area contributed by atoms with E-state index in [2.05, 4.69) is 4.98 Å². The summed E-state index contributed by atoms with van der Waals surface area (Å²) in [6.07, 6.45) is 1.20. The van der Waals surface area contributed by atoms with Crippen LogP contribution in [-0.2, 0) is 20.7 Å². The molecule has 0 saturated carbocycles. The third-order valence-electron chi connectivity index (χ3n) is 3.93. The number of oxazole rings is 1. The first-order valence-corrected chi connectivity index (χ1v) is 8.23. The number of carbonyl (C=O) groups is 2. The summed E-state index contributed by atoms with van der Waals surface area (Å²) in [7, 11) is 0. The number of nitrogens with zero attached hydrogens (tertiary/aromatic N) is 2. The Balaban J connectivity index is 1.56. The predicted octanol–water partition coefficient (Wildman–Crippen LogP) is 2.24. The zero-order chi connectivity index (χ0) is 17.8. The van der Waals surface area contributed by atoms with Gasteiger partial charge in [0.1, 0.15) is 0 Å². The average molecular weight is 365 g/mol. The van der Waals surface area contributed by atoms with Crippen LogP contribution >= 0.6 is 11.6 Å². The van der Waals surface area contributed by atoms with Gasteiger partial charge in [0.05, 0.1) is 19.3 Å². The van der Waals surface area contributed by atoms with E-state index in [4.69, 9.17) is 25.9 Å². The van der Waals surface area contributed by atoms with Crippen molar-refractivity contribution >= 4 is 23.5 Å². The maximum absolute atomic E-state index is 12.2. The SMILES string of the molecule is O=C(O)[C@H]1CN(C(=O)CCc2ncc(-c3ccc(Cl)cc3)o2)CCO1. The van der Waals surface area contributed by atoms with Crippen molar-refractivity contribution in [1.82, 2.24) is 9.88 Å². The summed E-state index contributed by atoms with van der Waals surface area (Å²) in [5.74, 6) is -0.128. The van der Waals surface area contributed by atoms with Crippen molar-refractivity contribution in [1.29, 1.82) is 0 Å². The molecule has 0 spiro atoms. The summed E-state index contributed by atoms with van der Waals surface area (Å²) in [5, 5.41) is 9.62. The van der Waals surface area contributed by atoms with E-state index in [1.807, 2.05) is 12.1 Å². The number of rotatable bonds is 5. The number of hydrogen-bond acceptors (Lipinski definition) is 5. The van der Waals surface area contributed by atoms with Crippen molar-refractivity contribution < 1.29 is 23.8 Å². The first-order chi connectivity index (χ1) is 12.0. The van der Waals surface area contributed by atoms with Crippen LogP contribution in [0.15, 0.2) is 34.9 Å². The monoisotopic (exact) mass is 364 g/mol. The fraction of sp³-hybridized carbons (Fsp3) is 0.353. The minimum Gasteiger partial charge on any atom is -0.479 e. The van der Waals surface area contributed by atoms with Gasteiger partial charge in [0.2, 0.25) is 5.91 Å². The number of benzene rings is 1. The minimum atomic E-state index is -1.06. The smallest absolute Gasteiger partial charge is 0.334 e. The summed E-state index contributed by atoms with van der Waals surface area (Å²) in [6.45, 7) is 0.683. The van der Waals surface area contributed by atoms with Gasteiger partial charge < -0.3 is 19.2 Å². The van der Waals surface area contributed by atoms with E-state index < -0.39 is 12.1 Å². The Morgan fingerprint density at radius 3 is 2.80 bits per heavy atom. The van der Waals surface area contributed by atoms with Gasteiger partial charge in [0.15, 0.2) is 17.8 Å². The molecule has 1 aliphatic rings. The molecular weight excluding hydrogens is 348 g/mol. The van der Waals surface area contributed by atoms with Gasteiger partial charge in [-0.1, -0.05) is 11.6 Å². The first kappa shape index (κ1) is 17.4. The van der Waals surface area contributed by atoms with Gasteiger partial charge in [-0.2, -0.15) is 0 Å². The van der Waals surface area contributed by atoms with Crippen LogP contribution in [0.5, 0.6) is 0 Å². The molecule has 0 radical (unpaired) electrons. The Labute approximate surface area is 149 Å². The molecule has 0 unspecified atom stereocenters. The number of aryl methyl sites for hydroxylation is 1. The van der Waals surface area contributed by atoms with Crippen molar-refractivity contribution in [2.75, 3.05) is 19.7 Å². The summed E-state index contributed by atoms with van der Waals surface area (Å²) < 4.78 is 10.8. The van der Waals surface area contributed by atoms with Gasteiger partial charge in [-0.05, 0) is 24.3 Å². The number of halogens is 1. The van der Waals surface area contributed by atoms with Gasteiger partial charge in [0, 0.05) is 30.0 Å². The highest BCUT2D eigenvalue weighted by atomic mass is 35.5. The molecule has 1 atom stereocenters. The van der Waals surface area contributed by atoms with E-state index in [-0.39, 0.29) is 25.5 Å². The van der Waals surface area contributed by atoms with Crippen molar-refractivity contribution in [3.8, 4) is 11.3 Å². The number of ether oxygens (including phenoxy) is 1. The molecular formula is C17H17ClN2O5. The lowest BCUT2D eigenvalue weighted by atomic mass is 10.2. The Morgan fingerprint density at radius 1 is 1.32 bits per heavy atom. The first-order valence-electron chi connectivity index (χ1n) is 7.86. The van der Waals surface area contributed by atoms with Gasteiger partial charge in [0.25, 0.3) is 0 Å². The topological polar surface area (TPSA) is 92.9 Å². The second kappa shape index (κ2) is 7.67. The highest BCUT2D eigenvalue weighted by molar-refractivity contribution is 6.30. The van der Waals surface area contributed by atoms with E-state index in [9.17, 15) is 9.59 Å². The van der Waals surface area contributed by atoms with Crippen LogP contribution in [-0.4, -0.2) is 52.7 Å². The van der Waals surface area contributed by atoms with Crippen molar-refractivity contribution in [2.24, 2.45) is 0 Å². The molecule has 2 aromatic rings. The van der Waals surface area contributed by atoms with Crippen LogP contribution in [0.4, 0.5) is 0 Å². The normalized spacial score (nSPS) is 17.5. The Hall–Kier alpha value is -2.38. The van der Waals surface area contributed by atoms with E-state index in [1.54, 1.807) is 18.3 Å². The van der Waals surface area contributed by atoms with Gasteiger partial charge >= 0.3 is 5.97 Å². The van der Waals surface area contributed by atoms with E-state index in [0.29, 0.717) is 29.6 Å². The molecule has 1 saturated heterocycles. The number of morpholine rings is 1. The van der Waals surface area contributed by atoms with Crippen LogP contribution in [0.2, 0.25) is 5.02 Å². The second-order valence-electron chi connectivity index (χ2n) is 5.66. The number of carboxylic acids is 1. The molecule has 1 fully saturated rings. The molecule has 8 heteroatoms. The largest absolute Gasteiger partial charge is 0.479 e. The lowest BCUT2D eigenvalue weighted by Gasteiger charge is -2.30. The Morgan fingerprint density at radius 2 is 2.08 bits per heavy atom. The molecule has 0 bridgehead atoms. The van der Waals surface area contributed by atoms with Crippen molar-refractivity contribution in [3.05, 3.63) is 41.4 Å². The molecule has 1 aromatic heterocycles. The zero-order valence-electron chi connectivity index (χ0n) is 13.4. The highest BCUT2D eigenvalue weighted by Gasteiger charge is 2.28. The Bertz CT molecular complexity index is 759. The van der Waals surface area contributed by atoms with Crippen molar-refractivity contribution in [3.63, 3.8) is 0 Å². The molecule has 2 heterocycles. The molecule has 132 valence electrons. The zero-order valence-corrected chi connectivity index (χ0v) is 14.1. The molecule has 3 rings (SSSR count). The lowest BCUT2D eigenvalue weighted by Crippen LogP contribution is -2.48. The maximum Gasteiger partial charge on any atom is 0.334 e. The summed E-state index contributed by atoms with van der Waals surface area (Å²) >= 11 is 5.86. The summed E-state index contributed by atoms with van der Waals surface area (Å²) in [4.78, 5) is 28.9. The standard InChI is InChI=1S/C17H17ClN2O5/c18-12-3-1-11(2-4-12)13-9-19-15(25-13)5-6-16(21)20-7-8-24-14(10-20)17(22)23/h1-4,9,14H,5-8,10H2,(H,22,23)/t14-/m1/s1. The highest BCUT2D eigenvalue weighted by Crippen LogP contribution is 2.22. The molecule has 1 amide bonds. The molecule has 7 nitrogen and oxygen atoms in total. The second-order valence-corrected chi connectivity index (χ2v) is 6.10. The number of carboxylic acid groups (broad SMARTS) is 1. The minimum absolute atomic E-state index is 0.0653. The fourth-order valence-electron chi connectivity index (χ4n) is 2.57. The van der Waals surface area contributed by atoms with Crippen LogP contribution in [0.1, 0.15) is 12.3 Å². The third kappa shape index (κ3) is 4.37. The fourth-order valence-corrected chi connectivity index (χ4v) is 2.70. The summed E-state index contributed by atoms with van der Waals surface area (Å²) in [5.41, 5.74) is 0.854. The summed E-state index contributed by atoms with van der Waals surface area (Å²) in [6, 6.07) is 7.19. The number of aliphatic carboxylic acids is 1. The maximum atomic E-state index is 12.2. The van der Waals surface area contributed by atoms with Crippen LogP contribution in [0.25, 0.3) is 11.3 Å². The Kier molecular flexibility index (Phi) is 5.35. The quantitative estimate of drug-likeness (QED) is 0.874. The number of amides is 1. The van der Waals surface area contributed by atoms with E-state index in [0.717, 1.165) is 5.56 Å². The number of hydrogen-bond donors (Lipinski definition) is 1. The van der Waals surface area contributed by atoms with Crippen LogP contribution < -0.4 is 0 Å².